The lowest BCUT2D eigenvalue weighted by Gasteiger charge is -2.10. The number of rotatable bonds is 14. The summed E-state index contributed by atoms with van der Waals surface area (Å²) in [4.78, 5) is 21.6. The Hall–Kier alpha value is -2.65. The molecule has 0 spiro atoms. The molecule has 0 aliphatic carbocycles. The molecule has 3 aromatic rings. The lowest BCUT2D eigenvalue weighted by atomic mass is 10.1. The Kier molecular flexibility index (Phi) is 9.77. The van der Waals surface area contributed by atoms with Crippen molar-refractivity contribution in [3.8, 4) is 0 Å². The Morgan fingerprint density at radius 1 is 1.16 bits per heavy atom. The molecule has 1 aromatic carbocycles. The third-order valence-electron chi connectivity index (χ3n) is 4.78. The Morgan fingerprint density at radius 3 is 2.78 bits per heavy atom. The fourth-order valence-corrected chi connectivity index (χ4v) is 3.86. The first kappa shape index (κ1) is 24.0. The summed E-state index contributed by atoms with van der Waals surface area (Å²) in [6.45, 7) is 7.13. The van der Waals surface area contributed by atoms with Crippen LogP contribution in [0.25, 0.3) is 11.0 Å². The van der Waals surface area contributed by atoms with Gasteiger partial charge in [0.15, 0.2) is 10.8 Å². The fourth-order valence-electron chi connectivity index (χ4n) is 3.17. The quantitative estimate of drug-likeness (QED) is 0.218. The number of thioether (sulfide) groups is 1. The van der Waals surface area contributed by atoms with E-state index in [2.05, 4.69) is 27.6 Å². The largest absolute Gasteiger partial charge is 0.380 e. The van der Waals surface area contributed by atoms with E-state index in [1.54, 1.807) is 18.0 Å². The highest BCUT2D eigenvalue weighted by Crippen LogP contribution is 2.24. The number of carbonyl (C=O) groups excluding carboxylic acids is 1. The van der Waals surface area contributed by atoms with Crippen LogP contribution in [0.5, 0.6) is 0 Å². The van der Waals surface area contributed by atoms with E-state index >= 15 is 0 Å². The number of aryl methyl sites for hydroxylation is 1. The maximum absolute atomic E-state index is 12.2. The molecule has 9 heteroatoms. The molecule has 0 atom stereocenters. The molecule has 0 unspecified atom stereocenters. The van der Waals surface area contributed by atoms with Crippen LogP contribution in [0.3, 0.4) is 0 Å². The van der Waals surface area contributed by atoms with Crippen LogP contribution in [-0.2, 0) is 22.5 Å². The molecule has 2 aromatic heterocycles. The molecule has 8 nitrogen and oxygen atoms in total. The molecule has 0 radical (unpaired) electrons. The summed E-state index contributed by atoms with van der Waals surface area (Å²) in [5.74, 6) is 1.76. The maximum Gasteiger partial charge on any atom is 0.220 e. The number of fused-ring (bicyclic) bond motifs is 1. The summed E-state index contributed by atoms with van der Waals surface area (Å²) in [6.07, 6.45) is 4.04. The highest BCUT2D eigenvalue weighted by molar-refractivity contribution is 7.99. The standard InChI is InChI=1S/C23H32N6O2S/c1-3-16-32-23-27-21(25-13-15-31-4-2)19-17-26-29(22(19)28-23)14-12-24-20(30)11-10-18-8-6-5-7-9-18/h5-9,17H,3-4,10-16H2,1-2H3,(H,24,30)(H,25,27,28). The topological polar surface area (TPSA) is 94.0 Å². The van der Waals surface area contributed by atoms with E-state index in [4.69, 9.17) is 9.72 Å². The van der Waals surface area contributed by atoms with E-state index in [1.165, 1.54) is 5.56 Å². The molecular formula is C23H32N6O2S. The second-order valence-corrected chi connectivity index (χ2v) is 8.33. The predicted octanol–water partition coefficient (Wildman–Crippen LogP) is 3.53. The summed E-state index contributed by atoms with van der Waals surface area (Å²) in [7, 11) is 0. The normalized spacial score (nSPS) is 11.1. The zero-order chi connectivity index (χ0) is 22.6. The van der Waals surface area contributed by atoms with Crippen LogP contribution < -0.4 is 10.6 Å². The molecular weight excluding hydrogens is 424 g/mol. The van der Waals surface area contributed by atoms with Crippen molar-refractivity contribution in [2.24, 2.45) is 0 Å². The van der Waals surface area contributed by atoms with Crippen molar-refractivity contribution in [1.29, 1.82) is 0 Å². The van der Waals surface area contributed by atoms with Crippen molar-refractivity contribution in [1.82, 2.24) is 25.1 Å². The van der Waals surface area contributed by atoms with Crippen LogP contribution in [0.1, 0.15) is 32.3 Å². The number of benzene rings is 1. The highest BCUT2D eigenvalue weighted by Gasteiger charge is 2.13. The van der Waals surface area contributed by atoms with Crippen molar-refractivity contribution in [3.63, 3.8) is 0 Å². The number of ether oxygens (including phenoxy) is 1. The van der Waals surface area contributed by atoms with Gasteiger partial charge in [-0.3, -0.25) is 4.79 Å². The van der Waals surface area contributed by atoms with Crippen LogP contribution in [-0.4, -0.2) is 57.7 Å². The first-order valence-corrected chi connectivity index (χ1v) is 12.2. The lowest BCUT2D eigenvalue weighted by Crippen LogP contribution is -2.27. The zero-order valence-electron chi connectivity index (χ0n) is 18.8. The molecule has 0 aliphatic heterocycles. The number of nitrogens with one attached hydrogen (secondary N) is 2. The SMILES string of the molecule is CCCSc1nc(NCCOCC)c2cnn(CCNC(=O)CCc3ccccc3)c2n1. The Balaban J connectivity index is 1.60. The van der Waals surface area contributed by atoms with Crippen LogP contribution in [0.2, 0.25) is 0 Å². The van der Waals surface area contributed by atoms with Gasteiger partial charge in [-0.25, -0.2) is 14.6 Å². The van der Waals surface area contributed by atoms with Crippen molar-refractivity contribution >= 4 is 34.5 Å². The first-order chi connectivity index (χ1) is 15.7. The number of hydrogen-bond donors (Lipinski definition) is 2. The van der Waals surface area contributed by atoms with Gasteiger partial charge in [-0.05, 0) is 25.3 Å². The van der Waals surface area contributed by atoms with Crippen molar-refractivity contribution < 1.29 is 9.53 Å². The monoisotopic (exact) mass is 456 g/mol. The smallest absolute Gasteiger partial charge is 0.220 e. The van der Waals surface area contributed by atoms with Crippen LogP contribution in [0.15, 0.2) is 41.7 Å². The molecule has 32 heavy (non-hydrogen) atoms. The van der Waals surface area contributed by atoms with E-state index in [9.17, 15) is 4.79 Å². The molecule has 0 saturated heterocycles. The Labute approximate surface area is 193 Å². The molecule has 0 saturated carbocycles. The number of nitrogens with zero attached hydrogens (tertiary/aromatic N) is 4. The van der Waals surface area contributed by atoms with Gasteiger partial charge in [0.2, 0.25) is 5.91 Å². The average Bonchev–Trinajstić information content (AvgIpc) is 3.23. The number of anilines is 1. The second-order valence-electron chi connectivity index (χ2n) is 7.27. The summed E-state index contributed by atoms with van der Waals surface area (Å²) in [6, 6.07) is 10.0. The van der Waals surface area contributed by atoms with Gasteiger partial charge in [0.05, 0.1) is 24.7 Å². The van der Waals surface area contributed by atoms with E-state index in [0.29, 0.717) is 39.3 Å². The number of aromatic nitrogens is 4. The second kappa shape index (κ2) is 13.0. The molecule has 0 fully saturated rings. The van der Waals surface area contributed by atoms with E-state index < -0.39 is 0 Å². The van der Waals surface area contributed by atoms with Gasteiger partial charge in [-0.15, -0.1) is 0 Å². The van der Waals surface area contributed by atoms with Crippen molar-refractivity contribution in [2.75, 3.05) is 37.4 Å². The molecule has 1 amide bonds. The molecule has 2 heterocycles. The average molecular weight is 457 g/mol. The van der Waals surface area contributed by atoms with Gasteiger partial charge >= 0.3 is 0 Å². The van der Waals surface area contributed by atoms with Crippen LogP contribution in [0.4, 0.5) is 5.82 Å². The first-order valence-electron chi connectivity index (χ1n) is 11.2. The molecule has 0 aliphatic rings. The van der Waals surface area contributed by atoms with Gasteiger partial charge in [-0.1, -0.05) is 49.0 Å². The summed E-state index contributed by atoms with van der Waals surface area (Å²) >= 11 is 1.63. The third kappa shape index (κ3) is 7.20. The van der Waals surface area contributed by atoms with Crippen molar-refractivity contribution in [3.05, 3.63) is 42.1 Å². The van der Waals surface area contributed by atoms with E-state index in [0.717, 1.165) is 40.6 Å². The van der Waals surface area contributed by atoms with Crippen LogP contribution >= 0.6 is 11.8 Å². The number of hydrogen-bond acceptors (Lipinski definition) is 7. The minimum Gasteiger partial charge on any atom is -0.380 e. The number of carbonyl (C=O) groups is 1. The minimum absolute atomic E-state index is 0.0393. The van der Waals surface area contributed by atoms with Gasteiger partial charge < -0.3 is 15.4 Å². The predicted molar refractivity (Wildman–Crippen MR) is 129 cm³/mol. The zero-order valence-corrected chi connectivity index (χ0v) is 19.7. The Bertz CT molecular complexity index is 979. The fraction of sp³-hybridized carbons (Fsp3) is 0.478. The maximum atomic E-state index is 12.2. The van der Waals surface area contributed by atoms with Crippen molar-refractivity contribution in [2.45, 2.75) is 44.8 Å². The highest BCUT2D eigenvalue weighted by atomic mass is 32.2. The van der Waals surface area contributed by atoms with E-state index in [1.807, 2.05) is 41.9 Å². The molecule has 0 bridgehead atoms. The number of amides is 1. The minimum atomic E-state index is 0.0393. The molecule has 3 rings (SSSR count). The van der Waals surface area contributed by atoms with Crippen LogP contribution in [0, 0.1) is 0 Å². The summed E-state index contributed by atoms with van der Waals surface area (Å²) in [5, 5.41) is 12.4. The van der Waals surface area contributed by atoms with Gasteiger partial charge in [-0.2, -0.15) is 5.10 Å². The van der Waals surface area contributed by atoms with Gasteiger partial charge in [0, 0.05) is 31.9 Å². The summed E-state index contributed by atoms with van der Waals surface area (Å²) in [5.41, 5.74) is 1.94. The third-order valence-corrected chi connectivity index (χ3v) is 5.84. The Morgan fingerprint density at radius 2 is 2.00 bits per heavy atom. The summed E-state index contributed by atoms with van der Waals surface area (Å²) < 4.78 is 7.25. The molecule has 172 valence electrons. The van der Waals surface area contributed by atoms with E-state index in [-0.39, 0.29) is 5.91 Å². The van der Waals surface area contributed by atoms with Gasteiger partial charge in [0.1, 0.15) is 5.82 Å². The van der Waals surface area contributed by atoms with Gasteiger partial charge in [0.25, 0.3) is 0 Å². The lowest BCUT2D eigenvalue weighted by molar-refractivity contribution is -0.121. The molecule has 2 N–H and O–H groups in total.